The van der Waals surface area contributed by atoms with Crippen molar-refractivity contribution in [3.63, 3.8) is 0 Å². The zero-order valence-corrected chi connectivity index (χ0v) is 16.9. The second-order valence-electron chi connectivity index (χ2n) is 7.59. The molecule has 0 radical (unpaired) electrons. The lowest BCUT2D eigenvalue weighted by molar-refractivity contribution is -0.116. The number of carbonyl (C=O) groups excluding carboxylic acids is 1. The second-order valence-corrected chi connectivity index (χ2v) is 9.49. The van der Waals surface area contributed by atoms with Crippen molar-refractivity contribution in [3.05, 3.63) is 23.8 Å². The monoisotopic (exact) mass is 394 g/mol. The summed E-state index contributed by atoms with van der Waals surface area (Å²) in [6, 6.07) is 5.11. The van der Waals surface area contributed by atoms with E-state index in [1.807, 2.05) is 0 Å². The molecule has 2 fully saturated rings. The maximum atomic E-state index is 12.9. The Morgan fingerprint density at radius 1 is 1.19 bits per heavy atom. The SMILES string of the molecule is Cc1ccc(NC(=O)CCC2CCCCC2)cc1S(=O)(=O)N1CCOCC1. The third-order valence-electron chi connectivity index (χ3n) is 5.56. The molecule has 1 saturated carbocycles. The topological polar surface area (TPSA) is 75.7 Å². The molecule has 0 spiro atoms. The van der Waals surface area contributed by atoms with Crippen LogP contribution in [0.25, 0.3) is 0 Å². The third kappa shape index (κ3) is 5.30. The molecule has 7 heteroatoms. The number of nitrogens with one attached hydrogen (secondary N) is 1. The van der Waals surface area contributed by atoms with E-state index in [-0.39, 0.29) is 10.8 Å². The Bertz CT molecular complexity index is 751. The zero-order valence-electron chi connectivity index (χ0n) is 16.1. The number of hydrogen-bond acceptors (Lipinski definition) is 4. The summed E-state index contributed by atoms with van der Waals surface area (Å²) in [5.74, 6) is 0.610. The molecule has 0 atom stereocenters. The fourth-order valence-electron chi connectivity index (χ4n) is 3.92. The quantitative estimate of drug-likeness (QED) is 0.803. The highest BCUT2D eigenvalue weighted by atomic mass is 32.2. The summed E-state index contributed by atoms with van der Waals surface area (Å²) in [5, 5.41) is 2.88. The average Bonchev–Trinajstić information content (AvgIpc) is 2.69. The van der Waals surface area contributed by atoms with Gasteiger partial charge in [0.1, 0.15) is 0 Å². The number of morpholine rings is 1. The first-order valence-corrected chi connectivity index (χ1v) is 11.4. The van der Waals surface area contributed by atoms with Crippen LogP contribution in [-0.2, 0) is 19.6 Å². The van der Waals surface area contributed by atoms with Crippen LogP contribution < -0.4 is 5.32 Å². The van der Waals surface area contributed by atoms with Crippen LogP contribution in [0, 0.1) is 12.8 Å². The van der Waals surface area contributed by atoms with Gasteiger partial charge < -0.3 is 10.1 Å². The smallest absolute Gasteiger partial charge is 0.243 e. The summed E-state index contributed by atoms with van der Waals surface area (Å²) in [4.78, 5) is 12.6. The minimum absolute atomic E-state index is 0.0425. The number of nitrogens with zero attached hydrogens (tertiary/aromatic N) is 1. The standard InChI is InChI=1S/C20H30N2O4S/c1-16-7-9-18(21-20(23)10-8-17-5-3-2-4-6-17)15-19(16)27(24,25)22-11-13-26-14-12-22/h7,9,15,17H,2-6,8,10-14H2,1H3,(H,21,23). The van der Waals surface area contributed by atoms with Gasteiger partial charge in [0.05, 0.1) is 18.1 Å². The van der Waals surface area contributed by atoms with Crippen LogP contribution in [0.4, 0.5) is 5.69 Å². The summed E-state index contributed by atoms with van der Waals surface area (Å²) >= 11 is 0. The average molecular weight is 395 g/mol. The van der Waals surface area contributed by atoms with Gasteiger partial charge in [0.2, 0.25) is 15.9 Å². The molecule has 1 aliphatic heterocycles. The highest BCUT2D eigenvalue weighted by Crippen LogP contribution is 2.28. The van der Waals surface area contributed by atoms with Crippen molar-refractivity contribution in [1.82, 2.24) is 4.31 Å². The van der Waals surface area contributed by atoms with Crippen molar-refractivity contribution >= 4 is 21.6 Å². The van der Waals surface area contributed by atoms with Crippen LogP contribution in [0.5, 0.6) is 0 Å². The van der Waals surface area contributed by atoms with E-state index in [0.29, 0.717) is 49.9 Å². The molecule has 1 saturated heterocycles. The molecule has 1 amide bonds. The molecule has 150 valence electrons. The van der Waals surface area contributed by atoms with Gasteiger partial charge >= 0.3 is 0 Å². The molecule has 0 bridgehead atoms. The largest absolute Gasteiger partial charge is 0.379 e. The first-order chi connectivity index (χ1) is 13.0. The fraction of sp³-hybridized carbons (Fsp3) is 0.650. The normalized spacial score (nSPS) is 19.7. The summed E-state index contributed by atoms with van der Waals surface area (Å²) in [6.07, 6.45) is 7.70. The van der Waals surface area contributed by atoms with Crippen LogP contribution in [0.15, 0.2) is 23.1 Å². The number of hydrogen-bond donors (Lipinski definition) is 1. The van der Waals surface area contributed by atoms with Crippen molar-refractivity contribution in [2.45, 2.75) is 56.8 Å². The maximum absolute atomic E-state index is 12.9. The fourth-order valence-corrected chi connectivity index (χ4v) is 5.58. The lowest BCUT2D eigenvalue weighted by Crippen LogP contribution is -2.40. The predicted molar refractivity (Wildman–Crippen MR) is 105 cm³/mol. The van der Waals surface area contributed by atoms with Gasteiger partial charge in [0, 0.05) is 25.2 Å². The number of aryl methyl sites for hydroxylation is 1. The van der Waals surface area contributed by atoms with E-state index in [1.165, 1.54) is 36.4 Å². The minimum Gasteiger partial charge on any atom is -0.379 e. The van der Waals surface area contributed by atoms with Gasteiger partial charge in [-0.15, -0.1) is 0 Å². The molecule has 3 rings (SSSR count). The molecule has 1 N–H and O–H groups in total. The van der Waals surface area contributed by atoms with Gasteiger partial charge in [0.15, 0.2) is 0 Å². The molecule has 0 unspecified atom stereocenters. The summed E-state index contributed by atoms with van der Waals surface area (Å²) in [7, 11) is -3.58. The first kappa shape index (κ1) is 20.3. The van der Waals surface area contributed by atoms with E-state index in [9.17, 15) is 13.2 Å². The van der Waals surface area contributed by atoms with Gasteiger partial charge in [-0.1, -0.05) is 38.2 Å². The van der Waals surface area contributed by atoms with Gasteiger partial charge in [-0.3, -0.25) is 4.79 Å². The molecule has 27 heavy (non-hydrogen) atoms. The summed E-state index contributed by atoms with van der Waals surface area (Å²) in [6.45, 7) is 3.33. The number of sulfonamides is 1. The number of anilines is 1. The first-order valence-electron chi connectivity index (χ1n) is 9.95. The highest BCUT2D eigenvalue weighted by molar-refractivity contribution is 7.89. The Kier molecular flexibility index (Phi) is 6.89. The number of amides is 1. The van der Waals surface area contributed by atoms with Crippen molar-refractivity contribution in [2.24, 2.45) is 5.92 Å². The lowest BCUT2D eigenvalue weighted by atomic mass is 9.86. The summed E-state index contributed by atoms with van der Waals surface area (Å²) in [5.41, 5.74) is 1.22. The van der Waals surface area contributed by atoms with Crippen LogP contribution >= 0.6 is 0 Å². The lowest BCUT2D eigenvalue weighted by Gasteiger charge is -2.27. The van der Waals surface area contributed by atoms with E-state index >= 15 is 0 Å². The predicted octanol–water partition coefficient (Wildman–Crippen LogP) is 3.31. The number of rotatable bonds is 6. The Morgan fingerprint density at radius 2 is 1.89 bits per heavy atom. The van der Waals surface area contributed by atoms with Crippen molar-refractivity contribution in [1.29, 1.82) is 0 Å². The van der Waals surface area contributed by atoms with Gasteiger partial charge in [-0.05, 0) is 37.0 Å². The number of carbonyl (C=O) groups is 1. The molecular weight excluding hydrogens is 364 g/mol. The van der Waals surface area contributed by atoms with Crippen LogP contribution in [0.3, 0.4) is 0 Å². The van der Waals surface area contributed by atoms with Crippen molar-refractivity contribution in [3.8, 4) is 0 Å². The Balaban J connectivity index is 1.64. The van der Waals surface area contributed by atoms with E-state index in [4.69, 9.17) is 4.74 Å². The van der Waals surface area contributed by atoms with E-state index in [2.05, 4.69) is 5.32 Å². The van der Waals surface area contributed by atoms with Gasteiger partial charge in [-0.25, -0.2) is 8.42 Å². The van der Waals surface area contributed by atoms with E-state index in [0.717, 1.165) is 6.42 Å². The van der Waals surface area contributed by atoms with Crippen LogP contribution in [-0.4, -0.2) is 44.9 Å². The molecule has 1 heterocycles. The number of benzene rings is 1. The van der Waals surface area contributed by atoms with Crippen LogP contribution in [0.1, 0.15) is 50.5 Å². The Hall–Kier alpha value is -1.44. The zero-order chi connectivity index (χ0) is 19.3. The molecule has 1 aromatic carbocycles. The second kappa shape index (κ2) is 9.17. The summed E-state index contributed by atoms with van der Waals surface area (Å²) < 4.78 is 32.6. The van der Waals surface area contributed by atoms with Gasteiger partial charge in [-0.2, -0.15) is 4.31 Å². The number of ether oxygens (including phenoxy) is 1. The third-order valence-corrected chi connectivity index (χ3v) is 7.60. The van der Waals surface area contributed by atoms with E-state index in [1.54, 1.807) is 25.1 Å². The molecular formula is C20H30N2O4S. The highest BCUT2D eigenvalue weighted by Gasteiger charge is 2.28. The van der Waals surface area contributed by atoms with E-state index < -0.39 is 10.0 Å². The Morgan fingerprint density at radius 3 is 2.59 bits per heavy atom. The Labute approximate surface area is 162 Å². The molecule has 6 nitrogen and oxygen atoms in total. The van der Waals surface area contributed by atoms with Crippen molar-refractivity contribution in [2.75, 3.05) is 31.6 Å². The van der Waals surface area contributed by atoms with Crippen molar-refractivity contribution < 1.29 is 17.9 Å². The molecule has 0 aromatic heterocycles. The molecule has 1 aliphatic carbocycles. The minimum atomic E-state index is -3.58. The molecule has 1 aromatic rings. The maximum Gasteiger partial charge on any atom is 0.243 e. The van der Waals surface area contributed by atoms with Crippen LogP contribution in [0.2, 0.25) is 0 Å². The van der Waals surface area contributed by atoms with Gasteiger partial charge in [0.25, 0.3) is 0 Å². The molecule has 2 aliphatic rings.